The predicted molar refractivity (Wildman–Crippen MR) is 96.1 cm³/mol. The number of rotatable bonds is 5. The molecule has 1 atom stereocenters. The number of Topliss-reactive ketones (excluding diaryl/α,β-unsaturated/α-hetero) is 1. The van der Waals surface area contributed by atoms with E-state index in [0.29, 0.717) is 12.5 Å². The molecule has 2 heteroatoms. The molecule has 0 amide bonds. The second-order valence-corrected chi connectivity index (χ2v) is 6.67. The van der Waals surface area contributed by atoms with Crippen LogP contribution in [-0.2, 0) is 11.2 Å². The summed E-state index contributed by atoms with van der Waals surface area (Å²) in [5, 5.41) is 0. The van der Waals surface area contributed by atoms with E-state index in [1.807, 2.05) is 0 Å². The Labute approximate surface area is 139 Å². The van der Waals surface area contributed by atoms with Gasteiger partial charge in [0, 0.05) is 24.7 Å². The molecule has 0 aromatic heterocycles. The molecule has 2 nitrogen and oxygen atoms in total. The summed E-state index contributed by atoms with van der Waals surface area (Å²) in [4.78, 5) is 13.8. The Morgan fingerprint density at radius 3 is 2.57 bits per heavy atom. The van der Waals surface area contributed by atoms with Crippen molar-refractivity contribution in [2.45, 2.75) is 45.6 Å². The highest BCUT2D eigenvalue weighted by Crippen LogP contribution is 2.28. The van der Waals surface area contributed by atoms with E-state index in [-0.39, 0.29) is 5.78 Å². The molecule has 1 heterocycles. The molecule has 0 saturated carbocycles. The van der Waals surface area contributed by atoms with Crippen LogP contribution in [0.1, 0.15) is 42.9 Å². The minimum atomic E-state index is 0.290. The molecule has 1 aliphatic rings. The van der Waals surface area contributed by atoms with E-state index in [2.05, 4.69) is 60.4 Å². The van der Waals surface area contributed by atoms with E-state index in [9.17, 15) is 4.79 Å². The summed E-state index contributed by atoms with van der Waals surface area (Å²) in [5.41, 5.74) is 5.32. The van der Waals surface area contributed by atoms with Crippen LogP contribution in [0.25, 0.3) is 0 Å². The molecule has 0 N–H and O–H groups in total. The zero-order valence-corrected chi connectivity index (χ0v) is 14.1. The quantitative estimate of drug-likeness (QED) is 0.808. The number of carbonyl (C=O) groups excluding carboxylic acids is 1. The zero-order chi connectivity index (χ0) is 16.2. The maximum atomic E-state index is 11.4. The van der Waals surface area contributed by atoms with Crippen LogP contribution in [0.2, 0.25) is 0 Å². The minimum absolute atomic E-state index is 0.290. The summed E-state index contributed by atoms with van der Waals surface area (Å²) < 4.78 is 0. The first-order valence-corrected chi connectivity index (χ1v) is 8.53. The van der Waals surface area contributed by atoms with E-state index in [1.54, 1.807) is 6.92 Å². The summed E-state index contributed by atoms with van der Waals surface area (Å²) in [7, 11) is 0. The lowest BCUT2D eigenvalue weighted by Gasteiger charge is -2.26. The third kappa shape index (κ3) is 3.82. The van der Waals surface area contributed by atoms with Crippen molar-refractivity contribution in [3.05, 3.63) is 65.2 Å². The molecule has 2 aromatic rings. The van der Waals surface area contributed by atoms with Gasteiger partial charge >= 0.3 is 0 Å². The number of benzene rings is 2. The molecular formula is C21H25NO. The lowest BCUT2D eigenvalue weighted by molar-refractivity contribution is -0.117. The van der Waals surface area contributed by atoms with E-state index in [1.165, 1.54) is 28.8 Å². The molecule has 2 aromatic carbocycles. The second-order valence-electron chi connectivity index (χ2n) is 6.67. The van der Waals surface area contributed by atoms with Crippen LogP contribution in [0.5, 0.6) is 0 Å². The van der Waals surface area contributed by atoms with Crippen molar-refractivity contribution in [1.82, 2.24) is 0 Å². The number of carbonyl (C=O) groups is 1. The fourth-order valence-electron chi connectivity index (χ4n) is 3.55. The summed E-state index contributed by atoms with van der Waals surface area (Å²) in [6, 6.07) is 17.8. The van der Waals surface area contributed by atoms with Gasteiger partial charge in [0.05, 0.1) is 0 Å². The molecule has 1 fully saturated rings. The fraction of sp³-hybridized carbons (Fsp3) is 0.381. The van der Waals surface area contributed by atoms with Crippen LogP contribution in [0.3, 0.4) is 0 Å². The van der Waals surface area contributed by atoms with Gasteiger partial charge in [0.1, 0.15) is 5.78 Å². The lowest BCUT2D eigenvalue weighted by atomic mass is 10.0. The van der Waals surface area contributed by atoms with Crippen LogP contribution in [-0.4, -0.2) is 18.4 Å². The van der Waals surface area contributed by atoms with Crippen molar-refractivity contribution in [3.8, 4) is 0 Å². The first-order valence-electron chi connectivity index (χ1n) is 8.53. The normalized spacial score (nSPS) is 17.5. The highest BCUT2D eigenvalue weighted by molar-refractivity contribution is 5.77. The van der Waals surface area contributed by atoms with E-state index < -0.39 is 0 Å². The minimum Gasteiger partial charge on any atom is -0.368 e. The van der Waals surface area contributed by atoms with E-state index in [0.717, 1.165) is 19.4 Å². The van der Waals surface area contributed by atoms with Gasteiger partial charge in [-0.15, -0.1) is 0 Å². The predicted octanol–water partition coefficient (Wildman–Crippen LogP) is 4.53. The van der Waals surface area contributed by atoms with Crippen molar-refractivity contribution < 1.29 is 4.79 Å². The lowest BCUT2D eigenvalue weighted by Crippen LogP contribution is -2.30. The summed E-state index contributed by atoms with van der Waals surface area (Å²) in [6.45, 7) is 4.93. The number of hydrogen-bond acceptors (Lipinski definition) is 2. The number of aryl methyl sites for hydroxylation is 1. The average Bonchev–Trinajstić information content (AvgIpc) is 2.98. The van der Waals surface area contributed by atoms with Gasteiger partial charge in [-0.2, -0.15) is 0 Å². The Kier molecular flexibility index (Phi) is 4.80. The third-order valence-corrected chi connectivity index (χ3v) is 4.82. The highest BCUT2D eigenvalue weighted by Gasteiger charge is 2.25. The fourth-order valence-corrected chi connectivity index (χ4v) is 3.55. The van der Waals surface area contributed by atoms with Crippen LogP contribution in [0.4, 0.5) is 5.69 Å². The SMILES string of the molecule is CC(=O)CC1CCCN1c1ccc(Cc2ccccc2C)cc1. The number of hydrogen-bond donors (Lipinski definition) is 0. The molecule has 23 heavy (non-hydrogen) atoms. The molecule has 1 aliphatic heterocycles. The van der Waals surface area contributed by atoms with Crippen molar-refractivity contribution in [2.75, 3.05) is 11.4 Å². The first-order chi connectivity index (χ1) is 11.1. The molecule has 0 aliphatic carbocycles. The van der Waals surface area contributed by atoms with Crippen molar-refractivity contribution in [2.24, 2.45) is 0 Å². The van der Waals surface area contributed by atoms with Crippen molar-refractivity contribution >= 4 is 11.5 Å². The Morgan fingerprint density at radius 1 is 1.13 bits per heavy atom. The van der Waals surface area contributed by atoms with Gasteiger partial charge in [-0.05, 0) is 61.9 Å². The molecular weight excluding hydrogens is 282 g/mol. The second kappa shape index (κ2) is 6.99. The van der Waals surface area contributed by atoms with Crippen molar-refractivity contribution in [1.29, 1.82) is 0 Å². The molecule has 120 valence electrons. The standard InChI is InChI=1S/C21H25NO/c1-16-6-3-4-7-19(16)15-18-9-11-20(12-10-18)22-13-5-8-21(22)14-17(2)23/h3-4,6-7,9-12,21H,5,8,13-15H2,1-2H3. The molecule has 3 rings (SSSR count). The van der Waals surface area contributed by atoms with E-state index >= 15 is 0 Å². The molecule has 0 radical (unpaired) electrons. The summed E-state index contributed by atoms with van der Waals surface area (Å²) in [5.74, 6) is 0.290. The van der Waals surface area contributed by atoms with E-state index in [4.69, 9.17) is 0 Å². The number of nitrogens with zero attached hydrogens (tertiary/aromatic N) is 1. The van der Waals surface area contributed by atoms with Gasteiger partial charge in [-0.1, -0.05) is 36.4 Å². The summed E-state index contributed by atoms with van der Waals surface area (Å²) >= 11 is 0. The van der Waals surface area contributed by atoms with Gasteiger partial charge in [0.2, 0.25) is 0 Å². The molecule has 0 bridgehead atoms. The monoisotopic (exact) mass is 307 g/mol. The largest absolute Gasteiger partial charge is 0.368 e. The average molecular weight is 307 g/mol. The van der Waals surface area contributed by atoms with Gasteiger partial charge < -0.3 is 4.90 Å². The van der Waals surface area contributed by atoms with Crippen molar-refractivity contribution in [3.63, 3.8) is 0 Å². The van der Waals surface area contributed by atoms with Crippen LogP contribution >= 0.6 is 0 Å². The maximum Gasteiger partial charge on any atom is 0.131 e. The smallest absolute Gasteiger partial charge is 0.131 e. The number of ketones is 1. The Morgan fingerprint density at radius 2 is 1.87 bits per heavy atom. The van der Waals surface area contributed by atoms with Gasteiger partial charge in [-0.25, -0.2) is 0 Å². The maximum absolute atomic E-state index is 11.4. The molecule has 1 saturated heterocycles. The molecule has 1 unspecified atom stereocenters. The first kappa shape index (κ1) is 15.8. The zero-order valence-electron chi connectivity index (χ0n) is 14.1. The highest BCUT2D eigenvalue weighted by atomic mass is 16.1. The topological polar surface area (TPSA) is 20.3 Å². The van der Waals surface area contributed by atoms with Crippen LogP contribution in [0, 0.1) is 6.92 Å². The third-order valence-electron chi connectivity index (χ3n) is 4.82. The Balaban J connectivity index is 1.72. The van der Waals surface area contributed by atoms with Gasteiger partial charge in [-0.3, -0.25) is 4.79 Å². The summed E-state index contributed by atoms with van der Waals surface area (Å²) in [6.07, 6.45) is 3.96. The Bertz CT molecular complexity index is 674. The van der Waals surface area contributed by atoms with Gasteiger partial charge in [0.25, 0.3) is 0 Å². The van der Waals surface area contributed by atoms with Gasteiger partial charge in [0.15, 0.2) is 0 Å². The molecule has 0 spiro atoms. The van der Waals surface area contributed by atoms with Crippen LogP contribution < -0.4 is 4.90 Å². The van der Waals surface area contributed by atoms with Crippen LogP contribution in [0.15, 0.2) is 48.5 Å². The Hall–Kier alpha value is -2.09. The number of anilines is 1.